The summed E-state index contributed by atoms with van der Waals surface area (Å²) in [7, 11) is 0. The Hall–Kier alpha value is -2.51. The number of hydrogen-bond donors (Lipinski definition) is 3. The van der Waals surface area contributed by atoms with E-state index in [-0.39, 0.29) is 12.1 Å². The summed E-state index contributed by atoms with van der Waals surface area (Å²) in [5.41, 5.74) is 2.25. The minimum absolute atomic E-state index is 0.0418. The van der Waals surface area contributed by atoms with Crippen LogP contribution in [0.3, 0.4) is 0 Å². The van der Waals surface area contributed by atoms with Crippen LogP contribution in [0.25, 0.3) is 11.0 Å². The summed E-state index contributed by atoms with van der Waals surface area (Å²) in [5, 5.41) is 15.2. The standard InChI is InChI=1S/C20H24N6O/c27-18-7-14-11-26(12-15-8-24-20-16(15)2-1-3-23-20)10-13(14)6-17(18)25-19-9-21-4-5-22-19/h1-5,8-9,13-14,17-18,27H,6-7,10-12H2,(H,22,25)(H,23,24)/t13-,14+,17-,18-/m1/s1. The number of fused-ring (bicyclic) bond motifs is 2. The Kier molecular flexibility index (Phi) is 4.26. The Labute approximate surface area is 157 Å². The summed E-state index contributed by atoms with van der Waals surface area (Å²) in [4.78, 5) is 18.5. The predicted octanol–water partition coefficient (Wildman–Crippen LogP) is 2.04. The van der Waals surface area contributed by atoms with Crippen molar-refractivity contribution in [2.45, 2.75) is 31.5 Å². The van der Waals surface area contributed by atoms with Crippen molar-refractivity contribution in [1.29, 1.82) is 0 Å². The van der Waals surface area contributed by atoms with E-state index in [1.807, 2.05) is 12.3 Å². The van der Waals surface area contributed by atoms with Gasteiger partial charge in [-0.15, -0.1) is 0 Å². The highest BCUT2D eigenvalue weighted by Gasteiger charge is 2.41. The average molecular weight is 364 g/mol. The number of rotatable bonds is 4. The van der Waals surface area contributed by atoms with Gasteiger partial charge in [0, 0.05) is 49.8 Å². The van der Waals surface area contributed by atoms with Crippen LogP contribution < -0.4 is 5.32 Å². The van der Waals surface area contributed by atoms with Gasteiger partial charge in [0.05, 0.1) is 18.3 Å². The lowest BCUT2D eigenvalue weighted by Crippen LogP contribution is -2.43. The maximum atomic E-state index is 10.6. The van der Waals surface area contributed by atoms with E-state index in [1.165, 1.54) is 10.9 Å². The van der Waals surface area contributed by atoms with E-state index in [1.54, 1.807) is 18.6 Å². The van der Waals surface area contributed by atoms with E-state index in [0.29, 0.717) is 11.8 Å². The first kappa shape index (κ1) is 16.6. The van der Waals surface area contributed by atoms with E-state index in [0.717, 1.165) is 43.9 Å². The van der Waals surface area contributed by atoms with E-state index in [2.05, 4.69) is 42.4 Å². The molecule has 0 amide bonds. The van der Waals surface area contributed by atoms with Crippen LogP contribution in [0.2, 0.25) is 0 Å². The molecule has 140 valence electrons. The molecule has 0 unspecified atom stereocenters. The number of aliphatic hydroxyl groups is 1. The van der Waals surface area contributed by atoms with Crippen molar-refractivity contribution in [3.05, 3.63) is 48.7 Å². The average Bonchev–Trinajstić information content (AvgIpc) is 3.27. The molecule has 27 heavy (non-hydrogen) atoms. The van der Waals surface area contributed by atoms with Crippen molar-refractivity contribution in [2.75, 3.05) is 18.4 Å². The molecule has 0 aromatic carbocycles. The number of likely N-dealkylation sites (tertiary alicyclic amines) is 1. The van der Waals surface area contributed by atoms with Gasteiger partial charge in [0.25, 0.3) is 0 Å². The number of anilines is 1. The Morgan fingerprint density at radius 3 is 2.89 bits per heavy atom. The van der Waals surface area contributed by atoms with Crippen LogP contribution in [-0.4, -0.2) is 55.2 Å². The predicted molar refractivity (Wildman–Crippen MR) is 103 cm³/mol. The first-order chi connectivity index (χ1) is 13.3. The molecule has 1 saturated heterocycles. The number of aromatic amines is 1. The van der Waals surface area contributed by atoms with Crippen LogP contribution in [0.15, 0.2) is 43.1 Å². The SMILES string of the molecule is O[C@@H]1C[C@H]2CN(Cc3c[nH]c4ncccc34)C[C@H]2C[C@H]1Nc1cnccn1. The minimum atomic E-state index is -0.342. The zero-order chi connectivity index (χ0) is 18.2. The molecule has 2 aliphatic rings. The molecule has 3 N–H and O–H groups in total. The van der Waals surface area contributed by atoms with Gasteiger partial charge in [-0.2, -0.15) is 0 Å². The van der Waals surface area contributed by atoms with Crippen molar-refractivity contribution < 1.29 is 5.11 Å². The van der Waals surface area contributed by atoms with Crippen molar-refractivity contribution in [1.82, 2.24) is 24.8 Å². The third-order valence-electron chi connectivity index (χ3n) is 6.04. The van der Waals surface area contributed by atoms with Crippen molar-refractivity contribution in [3.8, 4) is 0 Å². The highest BCUT2D eigenvalue weighted by Crippen LogP contribution is 2.38. The zero-order valence-corrected chi connectivity index (χ0v) is 15.1. The van der Waals surface area contributed by atoms with E-state index >= 15 is 0 Å². The highest BCUT2D eigenvalue weighted by molar-refractivity contribution is 5.79. The quantitative estimate of drug-likeness (QED) is 0.656. The van der Waals surface area contributed by atoms with Crippen molar-refractivity contribution in [2.24, 2.45) is 11.8 Å². The number of H-pyrrole nitrogens is 1. The summed E-state index contributed by atoms with van der Waals surface area (Å²) in [6.45, 7) is 3.05. The van der Waals surface area contributed by atoms with Gasteiger partial charge < -0.3 is 15.4 Å². The van der Waals surface area contributed by atoms with E-state index in [4.69, 9.17) is 0 Å². The largest absolute Gasteiger partial charge is 0.391 e. The molecule has 1 aliphatic heterocycles. The fourth-order valence-electron chi connectivity index (χ4n) is 4.76. The van der Waals surface area contributed by atoms with E-state index in [9.17, 15) is 5.11 Å². The molecule has 4 atom stereocenters. The molecule has 7 heteroatoms. The van der Waals surface area contributed by atoms with Gasteiger partial charge in [0.15, 0.2) is 0 Å². The second-order valence-electron chi connectivity index (χ2n) is 7.81. The molecular formula is C20H24N6O. The molecule has 0 radical (unpaired) electrons. The summed E-state index contributed by atoms with van der Waals surface area (Å²) >= 11 is 0. The number of nitrogens with zero attached hydrogens (tertiary/aromatic N) is 4. The summed E-state index contributed by atoms with van der Waals surface area (Å²) in [6, 6.07) is 4.16. The highest BCUT2D eigenvalue weighted by atomic mass is 16.3. The molecule has 0 bridgehead atoms. The Morgan fingerprint density at radius 2 is 2.04 bits per heavy atom. The molecule has 2 fully saturated rings. The molecule has 3 aromatic heterocycles. The Balaban J connectivity index is 1.26. The van der Waals surface area contributed by atoms with Crippen molar-refractivity contribution >= 4 is 16.9 Å². The van der Waals surface area contributed by atoms with Gasteiger partial charge in [-0.25, -0.2) is 9.97 Å². The van der Waals surface area contributed by atoms with Crippen LogP contribution in [0.4, 0.5) is 5.82 Å². The number of aliphatic hydroxyl groups excluding tert-OH is 1. The van der Waals surface area contributed by atoms with Crippen LogP contribution in [0.5, 0.6) is 0 Å². The van der Waals surface area contributed by atoms with E-state index < -0.39 is 0 Å². The molecule has 1 aliphatic carbocycles. The van der Waals surface area contributed by atoms with Gasteiger partial charge in [-0.3, -0.25) is 9.88 Å². The third kappa shape index (κ3) is 3.28. The normalized spacial score (nSPS) is 28.3. The smallest absolute Gasteiger partial charge is 0.144 e. The summed E-state index contributed by atoms with van der Waals surface area (Å²) in [6.07, 6.45) is 10.4. The number of aromatic nitrogens is 4. The van der Waals surface area contributed by atoms with Gasteiger partial charge in [-0.05, 0) is 42.4 Å². The fraction of sp³-hybridized carbons (Fsp3) is 0.450. The monoisotopic (exact) mass is 364 g/mol. The maximum absolute atomic E-state index is 10.6. The topological polar surface area (TPSA) is 90.0 Å². The Morgan fingerprint density at radius 1 is 1.15 bits per heavy atom. The molecule has 7 nitrogen and oxygen atoms in total. The molecular weight excluding hydrogens is 340 g/mol. The van der Waals surface area contributed by atoms with Gasteiger partial charge in [0.2, 0.25) is 0 Å². The van der Waals surface area contributed by atoms with Gasteiger partial charge in [-0.1, -0.05) is 0 Å². The van der Waals surface area contributed by atoms with Crippen LogP contribution in [0.1, 0.15) is 18.4 Å². The lowest BCUT2D eigenvalue weighted by atomic mass is 9.77. The van der Waals surface area contributed by atoms with Crippen LogP contribution in [0, 0.1) is 11.8 Å². The van der Waals surface area contributed by atoms with Gasteiger partial charge in [0.1, 0.15) is 11.5 Å². The van der Waals surface area contributed by atoms with Crippen molar-refractivity contribution in [3.63, 3.8) is 0 Å². The molecule has 1 saturated carbocycles. The second-order valence-corrected chi connectivity index (χ2v) is 7.81. The summed E-state index contributed by atoms with van der Waals surface area (Å²) < 4.78 is 0. The van der Waals surface area contributed by atoms with Gasteiger partial charge >= 0.3 is 0 Å². The molecule has 5 rings (SSSR count). The first-order valence-electron chi connectivity index (χ1n) is 9.60. The number of pyridine rings is 1. The zero-order valence-electron chi connectivity index (χ0n) is 15.1. The third-order valence-corrected chi connectivity index (χ3v) is 6.04. The minimum Gasteiger partial charge on any atom is -0.391 e. The lowest BCUT2D eigenvalue weighted by molar-refractivity contribution is 0.0735. The second kappa shape index (κ2) is 6.90. The molecule has 0 spiro atoms. The number of nitrogens with one attached hydrogen (secondary N) is 2. The fourth-order valence-corrected chi connectivity index (χ4v) is 4.76. The maximum Gasteiger partial charge on any atom is 0.144 e. The molecule has 4 heterocycles. The Bertz CT molecular complexity index is 913. The summed E-state index contributed by atoms with van der Waals surface area (Å²) in [5.74, 6) is 1.90. The molecule has 3 aromatic rings. The van der Waals surface area contributed by atoms with Crippen LogP contribution >= 0.6 is 0 Å². The first-order valence-corrected chi connectivity index (χ1v) is 9.60. The van der Waals surface area contributed by atoms with Crippen LogP contribution in [-0.2, 0) is 6.54 Å². The lowest BCUT2D eigenvalue weighted by Gasteiger charge is -2.35. The number of hydrogen-bond acceptors (Lipinski definition) is 6.